The number of hydrogen-bond acceptors (Lipinski definition) is 1. The predicted molar refractivity (Wildman–Crippen MR) is 106 cm³/mol. The van der Waals surface area contributed by atoms with E-state index < -0.39 is 0 Å². The first-order chi connectivity index (χ1) is 12.7. The minimum Gasteiger partial charge on any atom is -0.321 e. The van der Waals surface area contributed by atoms with Crippen LogP contribution in [0, 0.1) is 0 Å². The van der Waals surface area contributed by atoms with Crippen molar-refractivity contribution in [2.24, 2.45) is 0 Å². The van der Waals surface area contributed by atoms with E-state index >= 15 is 0 Å². The standard InChI is InChI=1S/C23H24N2O/c1-3-18(2)19-11-13-22(14-12-19)24-23(26)17-25-15-7-10-21(16-25)20-8-5-4-6-9-20/h4-16,18H,3,17H2,1-2H3/p+1/t18-/m1/s1. The van der Waals surface area contributed by atoms with Crippen LogP contribution in [0.1, 0.15) is 31.7 Å². The molecule has 0 fully saturated rings. The van der Waals surface area contributed by atoms with E-state index in [0.29, 0.717) is 5.92 Å². The number of aromatic nitrogens is 1. The second kappa shape index (κ2) is 8.43. The molecule has 0 spiro atoms. The van der Waals surface area contributed by atoms with E-state index in [9.17, 15) is 4.79 Å². The van der Waals surface area contributed by atoms with Gasteiger partial charge in [-0.1, -0.05) is 56.3 Å². The first-order valence-electron chi connectivity index (χ1n) is 9.10. The maximum Gasteiger partial charge on any atom is 0.290 e. The van der Waals surface area contributed by atoms with Crippen molar-refractivity contribution in [2.75, 3.05) is 5.32 Å². The smallest absolute Gasteiger partial charge is 0.290 e. The molecule has 0 saturated heterocycles. The molecule has 2 aromatic carbocycles. The summed E-state index contributed by atoms with van der Waals surface area (Å²) in [5, 5.41) is 2.97. The molecule has 0 aliphatic rings. The van der Waals surface area contributed by atoms with Crippen LogP contribution in [0.4, 0.5) is 5.69 Å². The molecule has 3 aromatic rings. The Balaban J connectivity index is 1.65. The van der Waals surface area contributed by atoms with Crippen molar-refractivity contribution >= 4 is 11.6 Å². The van der Waals surface area contributed by atoms with E-state index in [4.69, 9.17) is 0 Å². The van der Waals surface area contributed by atoms with Gasteiger partial charge < -0.3 is 5.32 Å². The lowest BCUT2D eigenvalue weighted by atomic mass is 9.99. The molecule has 3 rings (SSSR count). The first-order valence-corrected chi connectivity index (χ1v) is 9.10. The summed E-state index contributed by atoms with van der Waals surface area (Å²) in [6, 6.07) is 22.3. The molecule has 0 saturated carbocycles. The first kappa shape index (κ1) is 17.9. The van der Waals surface area contributed by atoms with Crippen LogP contribution in [0.3, 0.4) is 0 Å². The topological polar surface area (TPSA) is 33.0 Å². The zero-order chi connectivity index (χ0) is 18.4. The van der Waals surface area contributed by atoms with Crippen molar-refractivity contribution in [3.63, 3.8) is 0 Å². The second-order valence-electron chi connectivity index (χ2n) is 6.61. The van der Waals surface area contributed by atoms with Crippen molar-refractivity contribution in [1.82, 2.24) is 0 Å². The van der Waals surface area contributed by atoms with Gasteiger partial charge in [-0.25, -0.2) is 0 Å². The van der Waals surface area contributed by atoms with E-state index in [2.05, 4.69) is 49.5 Å². The number of pyridine rings is 1. The van der Waals surface area contributed by atoms with Gasteiger partial charge >= 0.3 is 0 Å². The zero-order valence-electron chi connectivity index (χ0n) is 15.4. The third kappa shape index (κ3) is 4.57. The normalized spacial score (nSPS) is 11.8. The van der Waals surface area contributed by atoms with Gasteiger partial charge in [0.1, 0.15) is 0 Å². The van der Waals surface area contributed by atoms with Crippen LogP contribution in [0.15, 0.2) is 79.1 Å². The van der Waals surface area contributed by atoms with E-state index in [1.54, 1.807) is 0 Å². The number of amides is 1. The van der Waals surface area contributed by atoms with Gasteiger partial charge in [0.05, 0.1) is 0 Å². The number of nitrogens with zero attached hydrogens (tertiary/aromatic N) is 1. The summed E-state index contributed by atoms with van der Waals surface area (Å²) in [6.07, 6.45) is 5.03. The molecule has 0 aliphatic heterocycles. The van der Waals surface area contributed by atoms with Gasteiger partial charge in [-0.2, -0.15) is 4.57 Å². The molecule has 0 aliphatic carbocycles. The Morgan fingerprint density at radius 1 is 0.962 bits per heavy atom. The van der Waals surface area contributed by atoms with E-state index in [0.717, 1.165) is 23.2 Å². The SMILES string of the molecule is CC[C@@H](C)c1ccc(NC(=O)C[n+]2cccc(-c3ccccc3)c2)cc1. The van der Waals surface area contributed by atoms with Crippen LogP contribution in [0.25, 0.3) is 11.1 Å². The van der Waals surface area contributed by atoms with Crippen molar-refractivity contribution < 1.29 is 9.36 Å². The highest BCUT2D eigenvalue weighted by molar-refractivity contribution is 5.89. The summed E-state index contributed by atoms with van der Waals surface area (Å²) < 4.78 is 1.91. The average Bonchev–Trinajstić information content (AvgIpc) is 2.69. The fraction of sp³-hybridized carbons (Fsp3) is 0.217. The summed E-state index contributed by atoms with van der Waals surface area (Å²) in [7, 11) is 0. The number of rotatable bonds is 6. The van der Waals surface area contributed by atoms with Gasteiger partial charge in [0.25, 0.3) is 5.91 Å². The van der Waals surface area contributed by atoms with Crippen molar-refractivity contribution in [3.8, 4) is 11.1 Å². The highest BCUT2D eigenvalue weighted by Crippen LogP contribution is 2.20. The van der Waals surface area contributed by atoms with Crippen LogP contribution in [0.2, 0.25) is 0 Å². The molecule has 1 N–H and O–H groups in total. The van der Waals surface area contributed by atoms with E-state index in [1.807, 2.05) is 53.4 Å². The van der Waals surface area contributed by atoms with Crippen molar-refractivity contribution in [2.45, 2.75) is 32.7 Å². The van der Waals surface area contributed by atoms with E-state index in [-0.39, 0.29) is 12.5 Å². The fourth-order valence-corrected chi connectivity index (χ4v) is 2.92. The predicted octanol–water partition coefficient (Wildman–Crippen LogP) is 4.79. The van der Waals surface area contributed by atoms with Gasteiger partial charge in [-0.05, 0) is 41.7 Å². The summed E-state index contributed by atoms with van der Waals surface area (Å²) in [5.74, 6) is 0.507. The monoisotopic (exact) mass is 345 g/mol. The lowest BCUT2D eigenvalue weighted by molar-refractivity contribution is -0.683. The molecular weight excluding hydrogens is 320 g/mol. The lowest BCUT2D eigenvalue weighted by Gasteiger charge is -2.10. The molecule has 3 nitrogen and oxygen atoms in total. The summed E-state index contributed by atoms with van der Waals surface area (Å²) in [4.78, 5) is 12.4. The number of nitrogens with one attached hydrogen (secondary N) is 1. The third-order valence-electron chi connectivity index (χ3n) is 4.67. The Hall–Kier alpha value is -2.94. The van der Waals surface area contributed by atoms with Crippen LogP contribution in [-0.2, 0) is 11.3 Å². The number of hydrogen-bond donors (Lipinski definition) is 1. The van der Waals surface area contributed by atoms with Crippen LogP contribution >= 0.6 is 0 Å². The molecule has 0 unspecified atom stereocenters. The van der Waals surface area contributed by atoms with E-state index in [1.165, 1.54) is 5.56 Å². The molecule has 132 valence electrons. The minimum atomic E-state index is -0.0310. The third-order valence-corrected chi connectivity index (χ3v) is 4.67. The van der Waals surface area contributed by atoms with Crippen LogP contribution in [0.5, 0.6) is 0 Å². The van der Waals surface area contributed by atoms with Gasteiger partial charge in [-0.3, -0.25) is 4.79 Å². The highest BCUT2D eigenvalue weighted by Gasteiger charge is 2.11. The quantitative estimate of drug-likeness (QED) is 0.640. The summed E-state index contributed by atoms with van der Waals surface area (Å²) in [5.41, 5.74) is 4.37. The Bertz CT molecular complexity index is 857. The Morgan fingerprint density at radius 2 is 1.65 bits per heavy atom. The molecule has 1 heterocycles. The molecule has 0 radical (unpaired) electrons. The molecule has 1 aromatic heterocycles. The number of anilines is 1. The molecule has 1 amide bonds. The van der Waals surface area contributed by atoms with Crippen LogP contribution in [-0.4, -0.2) is 5.91 Å². The van der Waals surface area contributed by atoms with Gasteiger partial charge in [-0.15, -0.1) is 0 Å². The molecule has 0 bridgehead atoms. The fourth-order valence-electron chi connectivity index (χ4n) is 2.92. The van der Waals surface area contributed by atoms with Crippen LogP contribution < -0.4 is 9.88 Å². The largest absolute Gasteiger partial charge is 0.321 e. The Morgan fingerprint density at radius 3 is 2.35 bits per heavy atom. The lowest BCUT2D eigenvalue weighted by Crippen LogP contribution is -2.39. The maximum absolute atomic E-state index is 12.4. The molecule has 3 heteroatoms. The minimum absolute atomic E-state index is 0.0310. The maximum atomic E-state index is 12.4. The van der Waals surface area contributed by atoms with Gasteiger partial charge in [0.15, 0.2) is 12.4 Å². The van der Waals surface area contributed by atoms with Crippen molar-refractivity contribution in [1.29, 1.82) is 0 Å². The van der Waals surface area contributed by atoms with Crippen molar-refractivity contribution in [3.05, 3.63) is 84.7 Å². The average molecular weight is 345 g/mol. The zero-order valence-corrected chi connectivity index (χ0v) is 15.4. The molecule has 26 heavy (non-hydrogen) atoms. The number of carbonyl (C=O) groups is 1. The number of benzene rings is 2. The Labute approximate surface area is 155 Å². The molecular formula is C23H25N2O+. The highest BCUT2D eigenvalue weighted by atomic mass is 16.1. The van der Waals surface area contributed by atoms with Gasteiger partial charge in [0.2, 0.25) is 6.54 Å². The molecule has 1 atom stereocenters. The van der Waals surface area contributed by atoms with Gasteiger partial charge in [0, 0.05) is 17.3 Å². The summed E-state index contributed by atoms with van der Waals surface area (Å²) >= 11 is 0. The summed E-state index contributed by atoms with van der Waals surface area (Å²) in [6.45, 7) is 4.68. The Kier molecular flexibility index (Phi) is 5.80. The number of carbonyl (C=O) groups excluding carboxylic acids is 1. The second-order valence-corrected chi connectivity index (χ2v) is 6.61.